The number of nitrogens with zero attached hydrogens (tertiary/aromatic N) is 5. The van der Waals surface area contributed by atoms with Crippen LogP contribution in [0.2, 0.25) is 0 Å². The van der Waals surface area contributed by atoms with E-state index in [1.54, 1.807) is 31.0 Å². The summed E-state index contributed by atoms with van der Waals surface area (Å²) in [5.74, 6) is 0.845. The van der Waals surface area contributed by atoms with Gasteiger partial charge in [0.05, 0.1) is 5.01 Å². The molecule has 2 aromatic rings. The molecule has 2 heterocycles. The normalized spacial score (nSPS) is 11.1. The van der Waals surface area contributed by atoms with E-state index in [2.05, 4.69) is 37.7 Å². The molecule has 128 valence electrons. The molecule has 0 aliphatic heterocycles. The predicted molar refractivity (Wildman–Crippen MR) is 105 cm³/mol. The number of aliphatic imine (C=N–C) groups is 1. The monoisotopic (exact) mass is 449 g/mol. The Hall–Kier alpha value is -1.23. The highest BCUT2D eigenvalue weighted by atomic mass is 127. The van der Waals surface area contributed by atoms with Crippen molar-refractivity contribution in [3.63, 3.8) is 0 Å². The molecule has 0 unspecified atom stereocenters. The highest BCUT2D eigenvalue weighted by molar-refractivity contribution is 14.0. The zero-order valence-corrected chi connectivity index (χ0v) is 16.7. The Kier molecular flexibility index (Phi) is 9.76. The first kappa shape index (κ1) is 19.8. The van der Waals surface area contributed by atoms with Crippen molar-refractivity contribution in [2.75, 3.05) is 20.1 Å². The fourth-order valence-electron chi connectivity index (χ4n) is 1.99. The van der Waals surface area contributed by atoms with E-state index < -0.39 is 0 Å². The molecular formula is C14H24IN7S. The fraction of sp³-hybridized carbons (Fsp3) is 0.571. The van der Waals surface area contributed by atoms with E-state index in [1.807, 2.05) is 10.8 Å². The van der Waals surface area contributed by atoms with Crippen LogP contribution in [0.25, 0.3) is 0 Å². The molecule has 0 atom stereocenters. The molecule has 2 aromatic heterocycles. The second kappa shape index (κ2) is 11.3. The second-order valence-electron chi connectivity index (χ2n) is 4.95. The van der Waals surface area contributed by atoms with Crippen molar-refractivity contribution in [1.82, 2.24) is 30.4 Å². The molecule has 7 nitrogen and oxygen atoms in total. The summed E-state index contributed by atoms with van der Waals surface area (Å²) in [5, 5.41) is 15.4. The Morgan fingerprint density at radius 3 is 2.61 bits per heavy atom. The topological polar surface area (TPSA) is 80.0 Å². The lowest BCUT2D eigenvalue weighted by atomic mass is 10.3. The van der Waals surface area contributed by atoms with Gasteiger partial charge in [-0.3, -0.25) is 4.99 Å². The maximum absolute atomic E-state index is 4.36. The first-order valence-corrected chi connectivity index (χ1v) is 8.28. The van der Waals surface area contributed by atoms with E-state index in [-0.39, 0.29) is 24.0 Å². The van der Waals surface area contributed by atoms with Crippen LogP contribution in [0.5, 0.6) is 0 Å². The molecule has 0 spiro atoms. The molecule has 0 amide bonds. The molecule has 0 bridgehead atoms. The van der Waals surface area contributed by atoms with E-state index in [0.717, 1.165) is 49.9 Å². The molecule has 0 aromatic carbocycles. The summed E-state index contributed by atoms with van der Waals surface area (Å²) in [6.07, 6.45) is 8.49. The Balaban J connectivity index is 0.00000264. The number of hydrogen-bond donors (Lipinski definition) is 2. The van der Waals surface area contributed by atoms with Gasteiger partial charge < -0.3 is 15.2 Å². The maximum Gasteiger partial charge on any atom is 0.190 e. The average Bonchev–Trinajstić information content (AvgIpc) is 3.17. The Morgan fingerprint density at radius 2 is 1.96 bits per heavy atom. The van der Waals surface area contributed by atoms with Gasteiger partial charge in [0, 0.05) is 44.2 Å². The molecule has 9 heteroatoms. The van der Waals surface area contributed by atoms with Gasteiger partial charge in [0.2, 0.25) is 0 Å². The van der Waals surface area contributed by atoms with Crippen LogP contribution >= 0.6 is 35.3 Å². The summed E-state index contributed by atoms with van der Waals surface area (Å²) in [6, 6.07) is 0. The highest BCUT2D eigenvalue weighted by Gasteiger charge is 2.00. The minimum Gasteiger partial charge on any atom is -0.356 e. The third-order valence-electron chi connectivity index (χ3n) is 3.13. The Morgan fingerprint density at radius 1 is 1.22 bits per heavy atom. The number of aromatic nitrogens is 4. The van der Waals surface area contributed by atoms with Crippen molar-refractivity contribution >= 4 is 41.3 Å². The number of thiazole rings is 1. The smallest absolute Gasteiger partial charge is 0.190 e. The molecule has 0 aliphatic rings. The number of halogens is 1. The first-order valence-electron chi connectivity index (χ1n) is 7.46. The average molecular weight is 449 g/mol. The van der Waals surface area contributed by atoms with E-state index in [1.165, 1.54) is 4.88 Å². The van der Waals surface area contributed by atoms with Gasteiger partial charge in [-0.25, -0.2) is 4.98 Å². The van der Waals surface area contributed by atoms with Gasteiger partial charge in [0.1, 0.15) is 12.7 Å². The van der Waals surface area contributed by atoms with Crippen LogP contribution in [0.1, 0.15) is 22.7 Å². The quantitative estimate of drug-likeness (QED) is 0.278. The van der Waals surface area contributed by atoms with Crippen molar-refractivity contribution < 1.29 is 0 Å². The third-order valence-corrected chi connectivity index (χ3v) is 4.10. The molecule has 0 radical (unpaired) electrons. The largest absolute Gasteiger partial charge is 0.356 e. The summed E-state index contributed by atoms with van der Waals surface area (Å²) in [4.78, 5) is 9.83. The third kappa shape index (κ3) is 7.73. The lowest BCUT2D eigenvalue weighted by molar-refractivity contribution is 0.597. The van der Waals surface area contributed by atoms with Gasteiger partial charge in [-0.2, -0.15) is 0 Å². The number of unbranched alkanes of at least 4 members (excludes halogenated alkanes) is 1. The summed E-state index contributed by atoms with van der Waals surface area (Å²) < 4.78 is 1.99. The standard InChI is InChI=1S/C14H23N7S.HI/c1-12-9-18-13(22-12)5-7-17-14(15-2)16-6-3-4-8-21-10-19-20-11-21;/h9-11H,3-8H2,1-2H3,(H2,15,16,17);1H. The summed E-state index contributed by atoms with van der Waals surface area (Å²) in [5.41, 5.74) is 0. The number of hydrogen-bond acceptors (Lipinski definition) is 5. The van der Waals surface area contributed by atoms with Crippen LogP contribution in [0.3, 0.4) is 0 Å². The Bertz CT molecular complexity index is 567. The van der Waals surface area contributed by atoms with Crippen molar-refractivity contribution in [1.29, 1.82) is 0 Å². The van der Waals surface area contributed by atoms with Crippen LogP contribution < -0.4 is 10.6 Å². The van der Waals surface area contributed by atoms with Gasteiger partial charge in [-0.1, -0.05) is 0 Å². The summed E-state index contributed by atoms with van der Waals surface area (Å²) in [7, 11) is 1.79. The van der Waals surface area contributed by atoms with Gasteiger partial charge >= 0.3 is 0 Å². The van der Waals surface area contributed by atoms with Gasteiger partial charge in [-0.05, 0) is 19.8 Å². The number of guanidine groups is 1. The SMILES string of the molecule is CN=C(NCCCCn1cnnc1)NCCc1ncc(C)s1.I. The van der Waals surface area contributed by atoms with Crippen LogP contribution in [0.15, 0.2) is 23.8 Å². The molecule has 0 saturated heterocycles. The van der Waals surface area contributed by atoms with Crippen LogP contribution in [-0.4, -0.2) is 45.8 Å². The molecule has 0 saturated carbocycles. The van der Waals surface area contributed by atoms with Crippen LogP contribution in [0, 0.1) is 6.92 Å². The second-order valence-corrected chi connectivity index (χ2v) is 6.27. The van der Waals surface area contributed by atoms with Crippen LogP contribution in [0.4, 0.5) is 0 Å². The molecule has 0 fully saturated rings. The van der Waals surface area contributed by atoms with E-state index in [9.17, 15) is 0 Å². The van der Waals surface area contributed by atoms with Crippen molar-refractivity contribution in [2.45, 2.75) is 32.7 Å². The molecule has 2 rings (SSSR count). The Labute approximate surface area is 158 Å². The first-order chi connectivity index (χ1) is 10.8. The van der Waals surface area contributed by atoms with E-state index in [0.29, 0.717) is 0 Å². The molecule has 0 aliphatic carbocycles. The molecular weight excluding hydrogens is 425 g/mol. The van der Waals surface area contributed by atoms with Gasteiger partial charge in [0.15, 0.2) is 5.96 Å². The van der Waals surface area contributed by atoms with Crippen molar-refractivity contribution in [3.8, 4) is 0 Å². The lowest BCUT2D eigenvalue weighted by Crippen LogP contribution is -2.38. The minimum absolute atomic E-state index is 0. The van der Waals surface area contributed by atoms with Crippen LogP contribution in [-0.2, 0) is 13.0 Å². The lowest BCUT2D eigenvalue weighted by Gasteiger charge is -2.11. The van der Waals surface area contributed by atoms with Crippen molar-refractivity contribution in [2.24, 2.45) is 4.99 Å². The molecule has 2 N–H and O–H groups in total. The van der Waals surface area contributed by atoms with Gasteiger partial charge in [0.25, 0.3) is 0 Å². The van der Waals surface area contributed by atoms with E-state index >= 15 is 0 Å². The predicted octanol–water partition coefficient (Wildman–Crippen LogP) is 1.85. The fourth-order valence-corrected chi connectivity index (χ4v) is 2.78. The van der Waals surface area contributed by atoms with E-state index in [4.69, 9.17) is 0 Å². The highest BCUT2D eigenvalue weighted by Crippen LogP contribution is 2.10. The van der Waals surface area contributed by atoms with Gasteiger partial charge in [-0.15, -0.1) is 45.5 Å². The summed E-state index contributed by atoms with van der Waals surface area (Å²) >= 11 is 1.75. The number of rotatable bonds is 8. The zero-order chi connectivity index (χ0) is 15.6. The van der Waals surface area contributed by atoms with Crippen molar-refractivity contribution in [3.05, 3.63) is 28.7 Å². The number of aryl methyl sites for hydroxylation is 2. The summed E-state index contributed by atoms with van der Waals surface area (Å²) in [6.45, 7) is 4.77. The number of nitrogens with one attached hydrogen (secondary N) is 2. The maximum atomic E-state index is 4.36. The minimum atomic E-state index is 0. The zero-order valence-electron chi connectivity index (χ0n) is 13.5. The molecule has 23 heavy (non-hydrogen) atoms.